The molecule has 0 unspecified atom stereocenters. The fourth-order valence-electron chi connectivity index (χ4n) is 1.50. The predicted octanol–water partition coefficient (Wildman–Crippen LogP) is 3.16. The lowest BCUT2D eigenvalue weighted by molar-refractivity contribution is -0.114. The van der Waals surface area contributed by atoms with Gasteiger partial charge in [0.25, 0.3) is 0 Å². The molecule has 85 valence electrons. The van der Waals surface area contributed by atoms with Crippen LogP contribution in [-0.4, -0.2) is 10.9 Å². The highest BCUT2D eigenvalue weighted by Gasteiger charge is 2.04. The number of pyridine rings is 1. The molecule has 0 aliphatic carbocycles. The van der Waals surface area contributed by atoms with Crippen LogP contribution in [0.4, 0.5) is 5.69 Å². The summed E-state index contributed by atoms with van der Waals surface area (Å²) in [5, 5.41) is 3.22. The minimum absolute atomic E-state index is 0.130. The average Bonchev–Trinajstić information content (AvgIpc) is 2.29. The number of carbonyl (C=O) groups is 1. The topological polar surface area (TPSA) is 42.0 Å². The van der Waals surface area contributed by atoms with Crippen LogP contribution in [0, 0.1) is 6.07 Å². The molecule has 4 heteroatoms. The normalized spacial score (nSPS) is 10.0. The highest BCUT2D eigenvalue weighted by molar-refractivity contribution is 6.33. The first-order valence-electron chi connectivity index (χ1n) is 5.06. The van der Waals surface area contributed by atoms with Crippen molar-refractivity contribution in [2.24, 2.45) is 0 Å². The second kappa shape index (κ2) is 4.97. The van der Waals surface area contributed by atoms with Gasteiger partial charge in [-0.05, 0) is 6.07 Å². The van der Waals surface area contributed by atoms with E-state index in [4.69, 9.17) is 11.6 Å². The van der Waals surface area contributed by atoms with E-state index < -0.39 is 0 Å². The molecule has 1 aromatic heterocycles. The molecule has 2 rings (SSSR count). The van der Waals surface area contributed by atoms with Crippen LogP contribution in [0.5, 0.6) is 0 Å². The minimum atomic E-state index is -0.130. The van der Waals surface area contributed by atoms with Gasteiger partial charge in [0, 0.05) is 30.3 Å². The Labute approximate surface area is 104 Å². The Morgan fingerprint density at radius 2 is 2.29 bits per heavy atom. The van der Waals surface area contributed by atoms with Gasteiger partial charge in [-0.3, -0.25) is 9.78 Å². The molecule has 1 radical (unpaired) electrons. The smallest absolute Gasteiger partial charge is 0.221 e. The van der Waals surface area contributed by atoms with Gasteiger partial charge in [0.05, 0.1) is 16.9 Å². The minimum Gasteiger partial charge on any atom is -0.325 e. The first-order valence-corrected chi connectivity index (χ1v) is 5.44. The van der Waals surface area contributed by atoms with Crippen molar-refractivity contribution < 1.29 is 4.79 Å². The molecule has 0 saturated heterocycles. The molecule has 0 atom stereocenters. The van der Waals surface area contributed by atoms with Crippen LogP contribution in [0.25, 0.3) is 11.1 Å². The van der Waals surface area contributed by atoms with Crippen LogP contribution in [0.15, 0.2) is 36.7 Å². The van der Waals surface area contributed by atoms with Gasteiger partial charge >= 0.3 is 0 Å². The summed E-state index contributed by atoms with van der Waals surface area (Å²) < 4.78 is 0. The molecule has 3 nitrogen and oxygen atoms in total. The Kier molecular flexibility index (Phi) is 3.40. The van der Waals surface area contributed by atoms with Crippen LogP contribution in [0.1, 0.15) is 6.92 Å². The van der Waals surface area contributed by atoms with Crippen LogP contribution in [0.3, 0.4) is 0 Å². The molecule has 0 aliphatic heterocycles. The van der Waals surface area contributed by atoms with Gasteiger partial charge in [-0.1, -0.05) is 29.8 Å². The lowest BCUT2D eigenvalue weighted by atomic mass is 10.1. The maximum absolute atomic E-state index is 11.0. The van der Waals surface area contributed by atoms with Crippen LogP contribution in [-0.2, 0) is 4.79 Å². The highest BCUT2D eigenvalue weighted by Crippen LogP contribution is 2.27. The summed E-state index contributed by atoms with van der Waals surface area (Å²) in [5.74, 6) is -0.130. The third-order valence-electron chi connectivity index (χ3n) is 2.18. The van der Waals surface area contributed by atoms with Crippen LogP contribution >= 0.6 is 11.6 Å². The summed E-state index contributed by atoms with van der Waals surface area (Å²) in [7, 11) is 0. The van der Waals surface area contributed by atoms with E-state index in [1.807, 2.05) is 18.2 Å². The van der Waals surface area contributed by atoms with Crippen molar-refractivity contribution in [3.8, 4) is 11.1 Å². The number of halogens is 1. The number of nitrogens with one attached hydrogen (secondary N) is 1. The average molecular weight is 246 g/mol. The number of nitrogens with zero attached hydrogens (tertiary/aromatic N) is 1. The summed E-state index contributed by atoms with van der Waals surface area (Å²) in [5.41, 5.74) is 2.34. The SMILES string of the molecule is CC(=O)Nc1cncc(-c2ccc[c]c2Cl)c1. The lowest BCUT2D eigenvalue weighted by Gasteiger charge is -2.06. The van der Waals surface area contributed by atoms with E-state index in [1.165, 1.54) is 6.92 Å². The Morgan fingerprint density at radius 3 is 3.00 bits per heavy atom. The Hall–Kier alpha value is -1.87. The number of aromatic nitrogens is 1. The maximum atomic E-state index is 11.0. The van der Waals surface area contributed by atoms with E-state index in [2.05, 4.69) is 16.4 Å². The Morgan fingerprint density at radius 1 is 1.47 bits per heavy atom. The molecule has 0 fully saturated rings. The molecule has 0 bridgehead atoms. The van der Waals surface area contributed by atoms with Crippen molar-refractivity contribution >= 4 is 23.2 Å². The van der Waals surface area contributed by atoms with Gasteiger partial charge in [0.15, 0.2) is 0 Å². The van der Waals surface area contributed by atoms with Crippen molar-refractivity contribution in [2.75, 3.05) is 5.32 Å². The van der Waals surface area contributed by atoms with E-state index in [0.29, 0.717) is 10.7 Å². The third-order valence-corrected chi connectivity index (χ3v) is 2.49. The second-order valence-corrected chi connectivity index (χ2v) is 3.92. The zero-order valence-electron chi connectivity index (χ0n) is 9.20. The molecular weight excluding hydrogens is 236 g/mol. The van der Waals surface area contributed by atoms with Gasteiger partial charge in [0.1, 0.15) is 0 Å². The molecule has 1 N–H and O–H groups in total. The molecule has 0 spiro atoms. The zero-order chi connectivity index (χ0) is 12.3. The van der Waals surface area contributed by atoms with Crippen molar-refractivity contribution in [1.82, 2.24) is 4.98 Å². The van der Waals surface area contributed by atoms with Crippen molar-refractivity contribution in [3.63, 3.8) is 0 Å². The Bertz CT molecular complexity index is 555. The van der Waals surface area contributed by atoms with Gasteiger partial charge < -0.3 is 5.32 Å². The molecule has 0 saturated carbocycles. The second-order valence-electron chi connectivity index (χ2n) is 3.54. The number of rotatable bonds is 2. The van der Waals surface area contributed by atoms with Crippen molar-refractivity contribution in [2.45, 2.75) is 6.92 Å². The number of anilines is 1. The van der Waals surface area contributed by atoms with E-state index in [-0.39, 0.29) is 5.91 Å². The molecular formula is C13H10ClN2O. The summed E-state index contributed by atoms with van der Waals surface area (Å²) in [6.07, 6.45) is 3.28. The zero-order valence-corrected chi connectivity index (χ0v) is 9.95. The number of benzene rings is 1. The maximum Gasteiger partial charge on any atom is 0.221 e. The molecule has 1 heterocycles. The standard InChI is InChI=1S/C13H10ClN2O/c1-9(17)16-11-6-10(7-15-8-11)12-4-2-3-5-13(12)14/h2-4,6-8H,1H3,(H,16,17). The third kappa shape index (κ3) is 2.82. The molecule has 0 aliphatic rings. The summed E-state index contributed by atoms with van der Waals surface area (Å²) in [4.78, 5) is 15.0. The number of carbonyl (C=O) groups excluding carboxylic acids is 1. The van der Waals surface area contributed by atoms with Crippen molar-refractivity contribution in [3.05, 3.63) is 47.7 Å². The summed E-state index contributed by atoms with van der Waals surface area (Å²) in [6.45, 7) is 1.45. The quantitative estimate of drug-likeness (QED) is 0.883. The van der Waals surface area contributed by atoms with E-state index >= 15 is 0 Å². The number of amides is 1. The van der Waals surface area contributed by atoms with E-state index in [9.17, 15) is 4.79 Å². The first-order chi connectivity index (χ1) is 8.16. The van der Waals surface area contributed by atoms with E-state index in [1.54, 1.807) is 18.5 Å². The van der Waals surface area contributed by atoms with Crippen LogP contribution < -0.4 is 5.32 Å². The first kappa shape index (κ1) is 11.6. The van der Waals surface area contributed by atoms with Crippen LogP contribution in [0.2, 0.25) is 5.02 Å². The summed E-state index contributed by atoms with van der Waals surface area (Å²) >= 11 is 6.05. The molecule has 1 amide bonds. The van der Waals surface area contributed by atoms with Gasteiger partial charge in [-0.25, -0.2) is 0 Å². The molecule has 17 heavy (non-hydrogen) atoms. The van der Waals surface area contributed by atoms with Crippen molar-refractivity contribution in [1.29, 1.82) is 0 Å². The predicted molar refractivity (Wildman–Crippen MR) is 67.8 cm³/mol. The summed E-state index contributed by atoms with van der Waals surface area (Å²) in [6, 6.07) is 10.2. The van der Waals surface area contributed by atoms with Gasteiger partial charge in [-0.15, -0.1) is 0 Å². The fraction of sp³-hybridized carbons (Fsp3) is 0.0769. The van der Waals surface area contributed by atoms with Gasteiger partial charge in [-0.2, -0.15) is 0 Å². The molecule has 2 aromatic rings. The lowest BCUT2D eigenvalue weighted by Crippen LogP contribution is -2.05. The Balaban J connectivity index is 2.40. The molecule has 1 aromatic carbocycles. The fourth-order valence-corrected chi connectivity index (χ4v) is 1.73. The number of hydrogen-bond acceptors (Lipinski definition) is 2. The largest absolute Gasteiger partial charge is 0.325 e. The highest BCUT2D eigenvalue weighted by atomic mass is 35.5. The van der Waals surface area contributed by atoms with E-state index in [0.717, 1.165) is 11.1 Å². The monoisotopic (exact) mass is 245 g/mol. The van der Waals surface area contributed by atoms with Gasteiger partial charge in [0.2, 0.25) is 5.91 Å². The number of hydrogen-bond donors (Lipinski definition) is 1.